The normalized spacial score (nSPS) is 17.6. The quantitative estimate of drug-likeness (QED) is 0.721. The highest BCUT2D eigenvalue weighted by molar-refractivity contribution is 8.00. The lowest BCUT2D eigenvalue weighted by atomic mass is 10.1. The van der Waals surface area contributed by atoms with Gasteiger partial charge in [-0.25, -0.2) is 0 Å². The van der Waals surface area contributed by atoms with Crippen LogP contribution in [-0.2, 0) is 11.3 Å². The number of nitrogens with zero attached hydrogens (tertiary/aromatic N) is 2. The number of ether oxygens (including phenoxy) is 2. The topological polar surface area (TPSA) is 42.0 Å². The highest BCUT2D eigenvalue weighted by Crippen LogP contribution is 2.33. The first kappa shape index (κ1) is 19.2. The van der Waals surface area contributed by atoms with Crippen molar-refractivity contribution in [2.75, 3.05) is 33.0 Å². The third kappa shape index (κ3) is 4.45. The Hall–Kier alpha value is -2.18. The molecule has 0 aliphatic carbocycles. The molecule has 0 bridgehead atoms. The van der Waals surface area contributed by atoms with Crippen LogP contribution in [0.2, 0.25) is 0 Å². The molecule has 2 aromatic carbocycles. The minimum absolute atomic E-state index is 0.0666. The Balaban J connectivity index is 1.27. The molecule has 0 unspecified atom stereocenters. The van der Waals surface area contributed by atoms with E-state index in [1.165, 1.54) is 11.1 Å². The second-order valence-corrected chi connectivity index (χ2v) is 8.78. The molecule has 1 atom stereocenters. The van der Waals surface area contributed by atoms with Crippen molar-refractivity contribution in [3.8, 4) is 11.5 Å². The second-order valence-electron chi connectivity index (χ2n) is 7.36. The zero-order valence-corrected chi connectivity index (χ0v) is 17.2. The molecule has 2 aromatic rings. The minimum atomic E-state index is -0.0666. The summed E-state index contributed by atoms with van der Waals surface area (Å²) in [5.41, 5.74) is 2.45. The van der Waals surface area contributed by atoms with Crippen molar-refractivity contribution < 1.29 is 14.3 Å². The SMILES string of the molecule is Cc1ccc(S[C@H](C)C(=O)N2CCN(Cc3ccc4c(c3)OCO4)CC2)cc1. The number of hydrogen-bond acceptors (Lipinski definition) is 5. The van der Waals surface area contributed by atoms with Gasteiger partial charge in [0.2, 0.25) is 12.7 Å². The van der Waals surface area contributed by atoms with Gasteiger partial charge >= 0.3 is 0 Å². The number of carbonyl (C=O) groups is 1. The lowest BCUT2D eigenvalue weighted by Crippen LogP contribution is -2.50. The highest BCUT2D eigenvalue weighted by atomic mass is 32.2. The Morgan fingerprint density at radius 1 is 1.04 bits per heavy atom. The maximum absolute atomic E-state index is 12.8. The molecule has 0 radical (unpaired) electrons. The maximum atomic E-state index is 12.8. The Bertz CT molecular complexity index is 832. The molecule has 4 rings (SSSR count). The summed E-state index contributed by atoms with van der Waals surface area (Å²) in [6.07, 6.45) is 0. The third-order valence-corrected chi connectivity index (χ3v) is 6.31. The van der Waals surface area contributed by atoms with Gasteiger partial charge in [-0.3, -0.25) is 9.69 Å². The van der Waals surface area contributed by atoms with Crippen LogP contribution in [0.1, 0.15) is 18.1 Å². The summed E-state index contributed by atoms with van der Waals surface area (Å²) in [5.74, 6) is 1.88. The number of aryl methyl sites for hydroxylation is 1. The van der Waals surface area contributed by atoms with Gasteiger partial charge in [-0.05, 0) is 43.7 Å². The summed E-state index contributed by atoms with van der Waals surface area (Å²) in [7, 11) is 0. The van der Waals surface area contributed by atoms with Crippen LogP contribution in [0.3, 0.4) is 0 Å². The standard InChI is InChI=1S/C22H26N2O3S/c1-16-3-6-19(7-4-16)28-17(2)22(25)24-11-9-23(10-12-24)14-18-5-8-20-21(13-18)27-15-26-20/h3-8,13,17H,9-12,14-15H2,1-2H3/t17-/m1/s1. The average Bonchev–Trinajstić information content (AvgIpc) is 3.17. The van der Waals surface area contributed by atoms with Gasteiger partial charge in [0.25, 0.3) is 0 Å². The Morgan fingerprint density at radius 2 is 1.75 bits per heavy atom. The molecule has 2 aliphatic heterocycles. The van der Waals surface area contributed by atoms with E-state index in [-0.39, 0.29) is 11.2 Å². The molecule has 0 saturated carbocycles. The summed E-state index contributed by atoms with van der Waals surface area (Å²) < 4.78 is 10.8. The van der Waals surface area contributed by atoms with E-state index in [2.05, 4.69) is 48.2 Å². The minimum Gasteiger partial charge on any atom is -0.454 e. The molecule has 2 heterocycles. The second kappa shape index (κ2) is 8.45. The van der Waals surface area contributed by atoms with E-state index < -0.39 is 0 Å². The smallest absolute Gasteiger partial charge is 0.235 e. The van der Waals surface area contributed by atoms with Crippen molar-refractivity contribution in [2.24, 2.45) is 0 Å². The Kier molecular flexibility index (Phi) is 5.78. The molecule has 1 fully saturated rings. The number of rotatable bonds is 5. The molecule has 6 heteroatoms. The fourth-order valence-electron chi connectivity index (χ4n) is 3.55. The van der Waals surface area contributed by atoms with Gasteiger partial charge < -0.3 is 14.4 Å². The van der Waals surface area contributed by atoms with E-state index in [0.29, 0.717) is 6.79 Å². The summed E-state index contributed by atoms with van der Waals surface area (Å²) in [4.78, 5) is 18.4. The van der Waals surface area contributed by atoms with E-state index in [1.54, 1.807) is 11.8 Å². The number of carbonyl (C=O) groups excluding carboxylic acids is 1. The molecule has 0 N–H and O–H groups in total. The number of piperazine rings is 1. The molecule has 0 aromatic heterocycles. The van der Waals surface area contributed by atoms with Crippen LogP contribution < -0.4 is 9.47 Å². The summed E-state index contributed by atoms with van der Waals surface area (Å²) in [6, 6.07) is 14.5. The van der Waals surface area contributed by atoms with Crippen molar-refractivity contribution in [1.29, 1.82) is 0 Å². The maximum Gasteiger partial charge on any atom is 0.235 e. The van der Waals surface area contributed by atoms with Gasteiger partial charge in [-0.1, -0.05) is 23.8 Å². The molecule has 148 valence electrons. The molecular weight excluding hydrogens is 372 g/mol. The van der Waals surface area contributed by atoms with Gasteiger partial charge in [0.15, 0.2) is 11.5 Å². The van der Waals surface area contributed by atoms with Crippen LogP contribution in [-0.4, -0.2) is 53.9 Å². The monoisotopic (exact) mass is 398 g/mol. The lowest BCUT2D eigenvalue weighted by molar-refractivity contribution is -0.132. The molecule has 2 aliphatic rings. The van der Waals surface area contributed by atoms with Crippen molar-refractivity contribution >= 4 is 17.7 Å². The van der Waals surface area contributed by atoms with E-state index in [0.717, 1.165) is 49.1 Å². The number of hydrogen-bond donors (Lipinski definition) is 0. The predicted molar refractivity (Wildman–Crippen MR) is 111 cm³/mol. The van der Waals surface area contributed by atoms with Crippen LogP contribution in [0.15, 0.2) is 47.4 Å². The Morgan fingerprint density at radius 3 is 2.50 bits per heavy atom. The number of thioether (sulfide) groups is 1. The van der Waals surface area contributed by atoms with Crippen LogP contribution in [0.5, 0.6) is 11.5 Å². The van der Waals surface area contributed by atoms with Crippen LogP contribution >= 0.6 is 11.8 Å². The van der Waals surface area contributed by atoms with Crippen LogP contribution in [0.25, 0.3) is 0 Å². The van der Waals surface area contributed by atoms with Gasteiger partial charge in [0, 0.05) is 37.6 Å². The van der Waals surface area contributed by atoms with Gasteiger partial charge in [0.1, 0.15) is 0 Å². The molecule has 1 saturated heterocycles. The highest BCUT2D eigenvalue weighted by Gasteiger charge is 2.26. The number of benzene rings is 2. The van der Waals surface area contributed by atoms with E-state index in [4.69, 9.17) is 9.47 Å². The summed E-state index contributed by atoms with van der Waals surface area (Å²) in [6.45, 7) is 8.59. The summed E-state index contributed by atoms with van der Waals surface area (Å²) in [5, 5.41) is -0.0666. The van der Waals surface area contributed by atoms with E-state index >= 15 is 0 Å². The first-order chi connectivity index (χ1) is 13.6. The Labute approximate surface area is 170 Å². The van der Waals surface area contributed by atoms with Crippen LogP contribution in [0.4, 0.5) is 0 Å². The molecular formula is C22H26N2O3S. The molecule has 28 heavy (non-hydrogen) atoms. The van der Waals surface area contributed by atoms with Crippen molar-refractivity contribution in [3.05, 3.63) is 53.6 Å². The first-order valence-electron chi connectivity index (χ1n) is 9.71. The third-order valence-electron chi connectivity index (χ3n) is 5.21. The predicted octanol–water partition coefficient (Wildman–Crippen LogP) is 3.55. The zero-order chi connectivity index (χ0) is 19.5. The van der Waals surface area contributed by atoms with Crippen molar-refractivity contribution in [1.82, 2.24) is 9.80 Å². The summed E-state index contributed by atoms with van der Waals surface area (Å²) >= 11 is 1.64. The van der Waals surface area contributed by atoms with Gasteiger partial charge in [-0.15, -0.1) is 11.8 Å². The molecule has 0 spiro atoms. The average molecular weight is 399 g/mol. The van der Waals surface area contributed by atoms with E-state index in [9.17, 15) is 4.79 Å². The largest absolute Gasteiger partial charge is 0.454 e. The van der Waals surface area contributed by atoms with Crippen molar-refractivity contribution in [3.63, 3.8) is 0 Å². The first-order valence-corrected chi connectivity index (χ1v) is 10.6. The lowest BCUT2D eigenvalue weighted by Gasteiger charge is -2.36. The van der Waals surface area contributed by atoms with Crippen LogP contribution in [0, 0.1) is 6.92 Å². The number of fused-ring (bicyclic) bond motifs is 1. The van der Waals surface area contributed by atoms with E-state index in [1.807, 2.05) is 17.9 Å². The number of amides is 1. The zero-order valence-electron chi connectivity index (χ0n) is 16.4. The molecule has 1 amide bonds. The van der Waals surface area contributed by atoms with Gasteiger partial charge in [-0.2, -0.15) is 0 Å². The van der Waals surface area contributed by atoms with Gasteiger partial charge in [0.05, 0.1) is 5.25 Å². The molecule has 5 nitrogen and oxygen atoms in total. The fourth-order valence-corrected chi connectivity index (χ4v) is 4.50. The van der Waals surface area contributed by atoms with Crippen molar-refractivity contribution in [2.45, 2.75) is 30.5 Å². The fraction of sp³-hybridized carbons (Fsp3) is 0.409.